The van der Waals surface area contributed by atoms with Gasteiger partial charge in [-0.2, -0.15) is 0 Å². The summed E-state index contributed by atoms with van der Waals surface area (Å²) in [5, 5.41) is 11.7. The monoisotopic (exact) mass is 356 g/mol. The molecule has 0 spiro atoms. The van der Waals surface area contributed by atoms with Crippen molar-refractivity contribution in [1.29, 1.82) is 0 Å². The van der Waals surface area contributed by atoms with Gasteiger partial charge >= 0.3 is 0 Å². The Balaban J connectivity index is 2.91. The number of likely N-dealkylation sites (tertiary alicyclic amines) is 1. The van der Waals surface area contributed by atoms with Crippen LogP contribution in [0.2, 0.25) is 0 Å². The molecule has 5 unspecified atom stereocenters. The number of quaternary nitrogens is 1. The lowest BCUT2D eigenvalue weighted by atomic mass is 9.80. The van der Waals surface area contributed by atoms with Crippen LogP contribution in [0.3, 0.4) is 0 Å². The van der Waals surface area contributed by atoms with Crippen LogP contribution < -0.4 is 11.1 Å². The summed E-state index contributed by atoms with van der Waals surface area (Å²) in [6.45, 7) is 6.08. The number of rotatable bonds is 10. The predicted molar refractivity (Wildman–Crippen MR) is 95.0 cm³/mol. The quantitative estimate of drug-likeness (QED) is 0.296. The third-order valence-corrected chi connectivity index (χ3v) is 5.49. The summed E-state index contributed by atoms with van der Waals surface area (Å²) in [7, 11) is 4.37. The van der Waals surface area contributed by atoms with Gasteiger partial charge in [-0.15, -0.1) is 0 Å². The van der Waals surface area contributed by atoms with Gasteiger partial charge in [0.25, 0.3) is 0 Å². The number of amides is 2. The number of nitrogens with zero attached hydrogens (tertiary/aromatic N) is 1. The average molecular weight is 356 g/mol. The minimum atomic E-state index is -1.51. The third kappa shape index (κ3) is 6.40. The first kappa shape index (κ1) is 21.6. The first-order valence-electron chi connectivity index (χ1n) is 9.18. The molecule has 0 radical (unpaired) electrons. The number of aldehydes is 1. The molecule has 144 valence electrons. The summed E-state index contributed by atoms with van der Waals surface area (Å²) in [6.07, 6.45) is 1.38. The lowest BCUT2D eigenvalue weighted by molar-refractivity contribution is -0.880. The van der Waals surface area contributed by atoms with E-state index >= 15 is 0 Å². The molecule has 0 bridgehead atoms. The minimum Gasteiger partial charge on any atom is -0.369 e. The van der Waals surface area contributed by atoms with E-state index in [0.717, 1.165) is 24.0 Å². The van der Waals surface area contributed by atoms with Gasteiger partial charge in [-0.1, -0.05) is 13.8 Å². The standard InChI is InChI=1S/C18H33N3O4/c1-5-12(17(19)24)7-14(18(25)20-16(23)11-22)8-15-10-21(3,4)9-13(15)6-2/h11-16,23H,5-10H2,1-4H3,(H2-,19,20,24,25)/p+1. The van der Waals surface area contributed by atoms with E-state index in [1.165, 1.54) is 0 Å². The lowest BCUT2D eigenvalue weighted by Crippen LogP contribution is -2.42. The van der Waals surface area contributed by atoms with Crippen molar-refractivity contribution >= 4 is 18.1 Å². The van der Waals surface area contributed by atoms with Crippen LogP contribution in [-0.4, -0.2) is 61.1 Å². The van der Waals surface area contributed by atoms with Crippen molar-refractivity contribution in [2.45, 2.75) is 45.8 Å². The molecule has 0 aromatic heterocycles. The fourth-order valence-corrected chi connectivity index (χ4v) is 4.17. The molecular formula is C18H34N3O4+. The van der Waals surface area contributed by atoms with Crippen LogP contribution in [0.1, 0.15) is 39.5 Å². The Morgan fingerprint density at radius 3 is 2.32 bits per heavy atom. The van der Waals surface area contributed by atoms with Gasteiger partial charge in [-0.25, -0.2) is 0 Å². The van der Waals surface area contributed by atoms with E-state index in [0.29, 0.717) is 31.1 Å². The van der Waals surface area contributed by atoms with E-state index in [-0.39, 0.29) is 18.1 Å². The molecule has 7 heteroatoms. The molecule has 25 heavy (non-hydrogen) atoms. The zero-order chi connectivity index (χ0) is 19.2. The van der Waals surface area contributed by atoms with Gasteiger partial charge in [-0.3, -0.25) is 14.4 Å². The van der Waals surface area contributed by atoms with Crippen molar-refractivity contribution < 1.29 is 24.0 Å². The second-order valence-corrected chi connectivity index (χ2v) is 7.99. The number of aliphatic hydroxyl groups excluding tert-OH is 1. The number of primary amides is 1. The number of nitrogens with two attached hydrogens (primary N) is 1. The summed E-state index contributed by atoms with van der Waals surface area (Å²) >= 11 is 0. The van der Waals surface area contributed by atoms with E-state index in [2.05, 4.69) is 26.3 Å². The highest BCUT2D eigenvalue weighted by molar-refractivity contribution is 5.82. The van der Waals surface area contributed by atoms with Gasteiger partial charge in [-0.05, 0) is 25.7 Å². The first-order valence-corrected chi connectivity index (χ1v) is 9.18. The Hall–Kier alpha value is -1.47. The molecular weight excluding hydrogens is 322 g/mol. The zero-order valence-corrected chi connectivity index (χ0v) is 15.9. The Morgan fingerprint density at radius 2 is 1.84 bits per heavy atom. The van der Waals surface area contributed by atoms with Crippen molar-refractivity contribution in [1.82, 2.24) is 5.32 Å². The first-order chi connectivity index (χ1) is 11.6. The van der Waals surface area contributed by atoms with Crippen molar-refractivity contribution in [3.8, 4) is 0 Å². The van der Waals surface area contributed by atoms with Crippen LogP contribution in [-0.2, 0) is 14.4 Å². The molecule has 7 nitrogen and oxygen atoms in total. The van der Waals surface area contributed by atoms with Gasteiger partial charge < -0.3 is 20.6 Å². The maximum absolute atomic E-state index is 12.5. The maximum Gasteiger partial charge on any atom is 0.225 e. The van der Waals surface area contributed by atoms with Gasteiger partial charge in [0.1, 0.15) is 0 Å². The molecule has 0 saturated carbocycles. The van der Waals surface area contributed by atoms with Gasteiger partial charge in [0.05, 0.1) is 27.2 Å². The number of nitrogens with one attached hydrogen (secondary N) is 1. The largest absolute Gasteiger partial charge is 0.369 e. The zero-order valence-electron chi connectivity index (χ0n) is 15.9. The fraction of sp³-hybridized carbons (Fsp3) is 0.833. The molecule has 1 aliphatic rings. The van der Waals surface area contributed by atoms with Crippen LogP contribution in [0.4, 0.5) is 0 Å². The SMILES string of the molecule is CCC(CC(CC1C[N+](C)(C)CC1CC)C(=O)NC(O)C=O)C(N)=O. The molecule has 1 heterocycles. The van der Waals surface area contributed by atoms with Gasteiger partial charge in [0.15, 0.2) is 12.5 Å². The van der Waals surface area contributed by atoms with Crippen LogP contribution in [0, 0.1) is 23.7 Å². The second kappa shape index (κ2) is 9.29. The summed E-state index contributed by atoms with van der Waals surface area (Å²) in [5.41, 5.74) is 5.45. The summed E-state index contributed by atoms with van der Waals surface area (Å²) in [4.78, 5) is 34.8. The molecule has 0 aromatic carbocycles. The molecule has 4 N–H and O–H groups in total. The summed E-state index contributed by atoms with van der Waals surface area (Å²) < 4.78 is 0.918. The number of hydrogen-bond donors (Lipinski definition) is 3. The molecule has 1 saturated heterocycles. The molecule has 1 aliphatic heterocycles. The van der Waals surface area contributed by atoms with Crippen LogP contribution in [0.5, 0.6) is 0 Å². The molecule has 1 fully saturated rings. The normalized spacial score (nSPS) is 25.8. The molecule has 0 aromatic rings. The highest BCUT2D eigenvalue weighted by Gasteiger charge is 2.41. The molecule has 0 aliphatic carbocycles. The summed E-state index contributed by atoms with van der Waals surface area (Å²) in [6, 6.07) is 0. The third-order valence-electron chi connectivity index (χ3n) is 5.49. The highest BCUT2D eigenvalue weighted by atomic mass is 16.3. The number of aliphatic hydroxyl groups is 1. The van der Waals surface area contributed by atoms with E-state index in [1.807, 2.05) is 6.92 Å². The summed E-state index contributed by atoms with van der Waals surface area (Å²) in [5.74, 6) is -0.723. The van der Waals surface area contributed by atoms with E-state index in [1.54, 1.807) is 0 Å². The van der Waals surface area contributed by atoms with Gasteiger partial charge in [0, 0.05) is 23.7 Å². The van der Waals surface area contributed by atoms with Crippen molar-refractivity contribution in [2.75, 3.05) is 27.2 Å². The molecule has 2 amide bonds. The van der Waals surface area contributed by atoms with Gasteiger partial charge in [0.2, 0.25) is 11.8 Å². The highest BCUT2D eigenvalue weighted by Crippen LogP contribution is 2.35. The Bertz CT molecular complexity index is 481. The average Bonchev–Trinajstić information content (AvgIpc) is 2.84. The van der Waals surface area contributed by atoms with Crippen LogP contribution in [0.15, 0.2) is 0 Å². The van der Waals surface area contributed by atoms with Crippen LogP contribution in [0.25, 0.3) is 0 Å². The Morgan fingerprint density at radius 1 is 1.24 bits per heavy atom. The van der Waals surface area contributed by atoms with E-state index in [4.69, 9.17) is 5.73 Å². The van der Waals surface area contributed by atoms with Crippen molar-refractivity contribution in [3.05, 3.63) is 0 Å². The Labute approximate surface area is 150 Å². The van der Waals surface area contributed by atoms with Crippen molar-refractivity contribution in [2.24, 2.45) is 29.4 Å². The van der Waals surface area contributed by atoms with E-state index in [9.17, 15) is 19.5 Å². The van der Waals surface area contributed by atoms with Crippen molar-refractivity contribution in [3.63, 3.8) is 0 Å². The fourth-order valence-electron chi connectivity index (χ4n) is 4.17. The second-order valence-electron chi connectivity index (χ2n) is 7.99. The Kier molecular flexibility index (Phi) is 8.02. The minimum absolute atomic E-state index is 0.283. The lowest BCUT2D eigenvalue weighted by Gasteiger charge is -2.26. The number of carbonyl (C=O) groups is 3. The number of hydrogen-bond acceptors (Lipinski definition) is 4. The predicted octanol–water partition coefficient (Wildman–Crippen LogP) is 0.260. The smallest absolute Gasteiger partial charge is 0.225 e. The topological polar surface area (TPSA) is 109 Å². The number of carbonyl (C=O) groups excluding carboxylic acids is 3. The van der Waals surface area contributed by atoms with E-state index < -0.39 is 18.1 Å². The maximum atomic E-state index is 12.5. The molecule has 5 atom stereocenters. The van der Waals surface area contributed by atoms with Crippen LogP contribution >= 0.6 is 0 Å². The molecule has 1 rings (SSSR count).